The van der Waals surface area contributed by atoms with Gasteiger partial charge in [0.25, 0.3) is 0 Å². The molecule has 0 radical (unpaired) electrons. The van der Waals surface area contributed by atoms with Crippen LogP contribution in [0.4, 0.5) is 5.69 Å². The first kappa shape index (κ1) is 33.8. The van der Waals surface area contributed by atoms with Gasteiger partial charge in [0, 0.05) is 36.4 Å². The molecule has 1 unspecified atom stereocenters. The van der Waals surface area contributed by atoms with Crippen LogP contribution in [0, 0.1) is 0 Å². The molecule has 1 fully saturated rings. The average molecular weight is 705 g/mol. The highest BCUT2D eigenvalue weighted by Crippen LogP contribution is 2.30. The lowest BCUT2D eigenvalue weighted by Crippen LogP contribution is -2.52. The summed E-state index contributed by atoms with van der Waals surface area (Å²) in [5.41, 5.74) is 2.22. The number of carbonyl (C=O) groups is 2. The van der Waals surface area contributed by atoms with Crippen molar-refractivity contribution >= 4 is 55.1 Å². The van der Waals surface area contributed by atoms with Crippen molar-refractivity contribution in [2.75, 3.05) is 24.2 Å². The number of ether oxygens (including phenoxy) is 1. The molecule has 3 aromatic carbocycles. The lowest BCUT2D eigenvalue weighted by Gasteiger charge is -2.33. The summed E-state index contributed by atoms with van der Waals surface area (Å²) in [5.74, 6) is 0.0384. The molecule has 44 heavy (non-hydrogen) atoms. The fraction of sp³-hybridized carbons (Fsp3) is 0.394. The number of rotatable bonds is 14. The minimum absolute atomic E-state index is 0.0500. The SMILES string of the molecule is COc1ccc(N(CCCC(=O)N(Cc2ccc(Br)cc2)C(Cc2ccccc2)C(=O)NC2CCCC2)S(C)(=O)=O)cc1Cl. The second-order valence-electron chi connectivity index (χ2n) is 11.1. The Morgan fingerprint density at radius 1 is 1.02 bits per heavy atom. The second kappa shape index (κ2) is 15.8. The normalized spacial score (nSPS) is 14.2. The molecule has 11 heteroatoms. The number of methoxy groups -OCH3 is 1. The summed E-state index contributed by atoms with van der Waals surface area (Å²) < 4.78 is 32.8. The number of sulfonamides is 1. The lowest BCUT2D eigenvalue weighted by molar-refractivity contribution is -0.141. The van der Waals surface area contributed by atoms with Crippen molar-refractivity contribution in [2.45, 2.75) is 63.6 Å². The van der Waals surface area contributed by atoms with Crippen molar-refractivity contribution in [1.29, 1.82) is 0 Å². The highest BCUT2D eigenvalue weighted by atomic mass is 79.9. The summed E-state index contributed by atoms with van der Waals surface area (Å²) in [6, 6.07) is 21.5. The van der Waals surface area contributed by atoms with Gasteiger partial charge < -0.3 is 15.0 Å². The van der Waals surface area contributed by atoms with E-state index in [1.165, 1.54) is 17.5 Å². The smallest absolute Gasteiger partial charge is 0.243 e. The van der Waals surface area contributed by atoms with Gasteiger partial charge in [-0.3, -0.25) is 13.9 Å². The highest BCUT2D eigenvalue weighted by molar-refractivity contribution is 9.10. The second-order valence-corrected chi connectivity index (χ2v) is 14.3. The summed E-state index contributed by atoms with van der Waals surface area (Å²) in [5, 5.41) is 3.49. The number of carbonyl (C=O) groups excluding carboxylic acids is 2. The van der Waals surface area contributed by atoms with E-state index in [-0.39, 0.29) is 48.8 Å². The molecule has 236 valence electrons. The molecule has 1 N–H and O–H groups in total. The molecule has 0 heterocycles. The summed E-state index contributed by atoms with van der Waals surface area (Å²) >= 11 is 9.75. The van der Waals surface area contributed by atoms with Crippen molar-refractivity contribution in [3.8, 4) is 5.75 Å². The van der Waals surface area contributed by atoms with Gasteiger partial charge in [-0.2, -0.15) is 0 Å². The lowest BCUT2D eigenvalue weighted by atomic mass is 10.0. The van der Waals surface area contributed by atoms with Crippen molar-refractivity contribution in [2.24, 2.45) is 0 Å². The molecule has 4 rings (SSSR count). The third-order valence-electron chi connectivity index (χ3n) is 7.81. The van der Waals surface area contributed by atoms with Crippen LogP contribution < -0.4 is 14.4 Å². The van der Waals surface area contributed by atoms with E-state index in [0.29, 0.717) is 17.9 Å². The predicted molar refractivity (Wildman–Crippen MR) is 178 cm³/mol. The van der Waals surface area contributed by atoms with Crippen LogP contribution >= 0.6 is 27.5 Å². The molecular formula is C33H39BrClN3O5S. The number of benzene rings is 3. The van der Waals surface area contributed by atoms with Gasteiger partial charge in [-0.1, -0.05) is 82.8 Å². The quantitative estimate of drug-likeness (QED) is 0.211. The molecule has 0 saturated heterocycles. The monoisotopic (exact) mass is 703 g/mol. The maximum absolute atomic E-state index is 14.0. The van der Waals surface area contributed by atoms with E-state index >= 15 is 0 Å². The van der Waals surface area contributed by atoms with Crippen molar-refractivity contribution in [3.63, 3.8) is 0 Å². The fourth-order valence-corrected chi connectivity index (χ4v) is 7.00. The Morgan fingerprint density at radius 2 is 1.70 bits per heavy atom. The number of halogens is 2. The van der Waals surface area contributed by atoms with Crippen LogP contribution in [0.15, 0.2) is 77.3 Å². The Hall–Kier alpha value is -3.08. The van der Waals surface area contributed by atoms with E-state index < -0.39 is 16.1 Å². The van der Waals surface area contributed by atoms with Crippen LogP contribution in [-0.2, 0) is 32.6 Å². The molecule has 0 spiro atoms. The van der Waals surface area contributed by atoms with Gasteiger partial charge in [0.05, 0.1) is 24.1 Å². The van der Waals surface area contributed by atoms with E-state index in [4.69, 9.17) is 16.3 Å². The maximum atomic E-state index is 14.0. The number of nitrogens with zero attached hydrogens (tertiary/aromatic N) is 2. The van der Waals surface area contributed by atoms with Gasteiger partial charge >= 0.3 is 0 Å². The zero-order valence-corrected chi connectivity index (χ0v) is 28.2. The van der Waals surface area contributed by atoms with Crippen LogP contribution in [-0.4, -0.2) is 57.1 Å². The number of hydrogen-bond donors (Lipinski definition) is 1. The first-order chi connectivity index (χ1) is 21.0. The van der Waals surface area contributed by atoms with Crippen LogP contribution in [0.25, 0.3) is 0 Å². The first-order valence-corrected chi connectivity index (χ1v) is 17.8. The molecule has 0 bridgehead atoms. The molecule has 0 aliphatic heterocycles. The molecule has 0 aromatic heterocycles. The highest BCUT2D eigenvalue weighted by Gasteiger charge is 2.32. The molecule has 1 aliphatic rings. The Bertz CT molecular complexity index is 1520. The minimum Gasteiger partial charge on any atom is -0.495 e. The summed E-state index contributed by atoms with van der Waals surface area (Å²) in [7, 11) is -2.18. The van der Waals surface area contributed by atoms with Crippen LogP contribution in [0.3, 0.4) is 0 Å². The zero-order valence-electron chi connectivity index (χ0n) is 25.0. The number of anilines is 1. The fourth-order valence-electron chi connectivity index (χ4n) is 5.52. The summed E-state index contributed by atoms with van der Waals surface area (Å²) in [4.78, 5) is 29.5. The standard InChI is InChI=1S/C33H39BrClN3O5S/c1-43-31-19-18-28(22-29(31)35)38(44(2,41)42)20-8-13-32(39)37(23-25-14-16-26(34)17-15-25)30(21-24-9-4-3-5-10-24)33(40)36-27-11-6-7-12-27/h3-5,9-10,14-19,22,27,30H,6-8,11-13,20-21,23H2,1-2H3,(H,36,40). The van der Waals surface area contributed by atoms with Crippen molar-refractivity contribution < 1.29 is 22.7 Å². The third kappa shape index (κ3) is 9.46. The molecule has 8 nitrogen and oxygen atoms in total. The van der Waals surface area contributed by atoms with Crippen LogP contribution in [0.1, 0.15) is 49.7 Å². The Kier molecular flexibility index (Phi) is 12.1. The van der Waals surface area contributed by atoms with E-state index in [9.17, 15) is 18.0 Å². The topological polar surface area (TPSA) is 96.0 Å². The Morgan fingerprint density at radius 3 is 2.32 bits per heavy atom. The molecule has 3 aromatic rings. The van der Waals surface area contributed by atoms with Crippen molar-refractivity contribution in [1.82, 2.24) is 10.2 Å². The van der Waals surface area contributed by atoms with Gasteiger partial charge in [0.1, 0.15) is 11.8 Å². The van der Waals surface area contributed by atoms with Gasteiger partial charge in [-0.05, 0) is 60.7 Å². The zero-order chi connectivity index (χ0) is 31.7. The van der Waals surface area contributed by atoms with E-state index in [0.717, 1.165) is 47.5 Å². The van der Waals surface area contributed by atoms with Gasteiger partial charge in [0.15, 0.2) is 0 Å². The van der Waals surface area contributed by atoms with Crippen LogP contribution in [0.5, 0.6) is 5.75 Å². The van der Waals surface area contributed by atoms with Gasteiger partial charge in [0.2, 0.25) is 21.8 Å². The Balaban J connectivity index is 1.58. The molecule has 1 aliphatic carbocycles. The molecular weight excluding hydrogens is 666 g/mol. The minimum atomic E-state index is -3.67. The predicted octanol–water partition coefficient (Wildman–Crippen LogP) is 6.36. The van der Waals surface area contributed by atoms with Gasteiger partial charge in [-0.25, -0.2) is 8.42 Å². The Labute approximate surface area is 273 Å². The summed E-state index contributed by atoms with van der Waals surface area (Å²) in [6.07, 6.45) is 5.79. The summed E-state index contributed by atoms with van der Waals surface area (Å²) in [6.45, 7) is 0.308. The maximum Gasteiger partial charge on any atom is 0.243 e. The molecule has 2 amide bonds. The molecule has 1 atom stereocenters. The van der Waals surface area contributed by atoms with E-state index in [1.807, 2.05) is 54.6 Å². The van der Waals surface area contributed by atoms with Gasteiger partial charge in [-0.15, -0.1) is 0 Å². The molecule has 1 saturated carbocycles. The number of hydrogen-bond acceptors (Lipinski definition) is 5. The van der Waals surface area contributed by atoms with Crippen molar-refractivity contribution in [3.05, 3.63) is 93.4 Å². The number of nitrogens with one attached hydrogen (secondary N) is 1. The first-order valence-electron chi connectivity index (χ1n) is 14.7. The van der Waals surface area contributed by atoms with E-state index in [2.05, 4.69) is 21.2 Å². The van der Waals surface area contributed by atoms with Crippen LogP contribution in [0.2, 0.25) is 5.02 Å². The largest absolute Gasteiger partial charge is 0.495 e. The number of amides is 2. The van der Waals surface area contributed by atoms with E-state index in [1.54, 1.807) is 17.0 Å². The average Bonchev–Trinajstić information content (AvgIpc) is 3.51. The third-order valence-corrected chi connectivity index (χ3v) is 9.83.